The predicted octanol–water partition coefficient (Wildman–Crippen LogP) is 7.05. The molecule has 1 aliphatic heterocycles. The molecule has 1 fully saturated rings. The van der Waals surface area contributed by atoms with E-state index in [9.17, 15) is 28.8 Å². The normalized spacial score (nSPS) is 15.6. The van der Waals surface area contributed by atoms with Gasteiger partial charge in [-0.25, -0.2) is 14.8 Å². The number of ether oxygens (including phenoxy) is 3. The van der Waals surface area contributed by atoms with Crippen LogP contribution in [0.5, 0.6) is 5.88 Å². The number of likely N-dealkylation sites (N-methyl/N-ethyl adjacent to an activating group) is 1. The summed E-state index contributed by atoms with van der Waals surface area (Å²) >= 11 is 1.28. The van der Waals surface area contributed by atoms with Gasteiger partial charge in [0.1, 0.15) is 41.0 Å². The minimum atomic E-state index is -1.05. The molecule has 0 saturated carbocycles. The van der Waals surface area contributed by atoms with E-state index in [1.807, 2.05) is 63.9 Å². The summed E-state index contributed by atoms with van der Waals surface area (Å²) in [6, 6.07) is 12.2. The van der Waals surface area contributed by atoms with Crippen molar-refractivity contribution in [1.29, 1.82) is 0 Å². The molecular formula is C57H80N12O9S. The maximum Gasteiger partial charge on any atom is 0.328 e. The van der Waals surface area contributed by atoms with Gasteiger partial charge in [-0.3, -0.25) is 28.9 Å². The average molecular weight is 1110 g/mol. The molecule has 0 radical (unpaired) electrons. The topological polar surface area (TPSA) is 278 Å². The average Bonchev–Trinajstić information content (AvgIpc) is 4.15. The number of anilines is 2. The number of nitrogens with one attached hydrogen (secondary N) is 5. The third kappa shape index (κ3) is 17.7. The summed E-state index contributed by atoms with van der Waals surface area (Å²) in [5.74, 6) is -1.58. The van der Waals surface area contributed by atoms with Crippen molar-refractivity contribution in [2.24, 2.45) is 11.8 Å². The van der Waals surface area contributed by atoms with E-state index in [1.54, 1.807) is 29.6 Å². The van der Waals surface area contributed by atoms with E-state index >= 15 is 0 Å². The fourth-order valence-electron chi connectivity index (χ4n) is 9.50. The number of aromatic amines is 1. The first-order valence-electron chi connectivity index (χ1n) is 27.6. The van der Waals surface area contributed by atoms with Gasteiger partial charge < -0.3 is 51.1 Å². The fourth-order valence-corrected chi connectivity index (χ4v) is 10.4. The fraction of sp³-hybridized carbons (Fsp3) is 0.544. The molecular weight excluding hydrogens is 1030 g/mol. The van der Waals surface area contributed by atoms with Gasteiger partial charge in [-0.15, -0.1) is 11.3 Å². The van der Waals surface area contributed by atoms with Crippen LogP contribution in [0.25, 0.3) is 11.2 Å². The van der Waals surface area contributed by atoms with Crippen LogP contribution in [0.3, 0.4) is 0 Å². The van der Waals surface area contributed by atoms with E-state index in [1.165, 1.54) is 24.8 Å². The van der Waals surface area contributed by atoms with E-state index in [0.29, 0.717) is 72.3 Å². The Kier molecular flexibility index (Phi) is 23.5. The van der Waals surface area contributed by atoms with Crippen molar-refractivity contribution in [1.82, 2.24) is 50.7 Å². The zero-order valence-corrected chi connectivity index (χ0v) is 47.8. The number of amides is 5. The number of carbonyl (C=O) groups excluding carboxylic acids is 6. The Balaban J connectivity index is 0.986. The van der Waals surface area contributed by atoms with Gasteiger partial charge in [0.25, 0.3) is 5.91 Å². The first-order valence-corrected chi connectivity index (χ1v) is 28.5. The van der Waals surface area contributed by atoms with Crippen LogP contribution in [0.4, 0.5) is 11.6 Å². The van der Waals surface area contributed by atoms with Crippen molar-refractivity contribution >= 4 is 69.6 Å². The number of benzene rings is 2. The van der Waals surface area contributed by atoms with Crippen LogP contribution in [0.2, 0.25) is 0 Å². The number of hydrogen-bond donors (Lipinski definition) is 6. The molecule has 0 bridgehead atoms. The molecule has 5 amide bonds. The van der Waals surface area contributed by atoms with E-state index in [2.05, 4.69) is 60.0 Å². The van der Waals surface area contributed by atoms with Crippen LogP contribution < -0.4 is 31.7 Å². The summed E-state index contributed by atoms with van der Waals surface area (Å²) in [6.45, 7) is 14.6. The molecule has 6 atom stereocenters. The monoisotopic (exact) mass is 1110 g/mol. The maximum absolute atomic E-state index is 14.8. The number of methoxy groups -OCH3 is 1. The summed E-state index contributed by atoms with van der Waals surface area (Å²) in [5.41, 5.74) is 9.87. The molecule has 0 unspecified atom stereocenters. The minimum Gasteiger partial charge on any atom is -0.471 e. The number of likely N-dealkylation sites (tertiary alicyclic amines) is 1. The summed E-state index contributed by atoms with van der Waals surface area (Å²) in [4.78, 5) is 105. The third-order valence-corrected chi connectivity index (χ3v) is 15.1. The molecule has 1 aliphatic rings. The van der Waals surface area contributed by atoms with E-state index in [-0.39, 0.29) is 85.1 Å². The SMILES string of the molecule is CCCO[C@H](C[C@H](C(C)C)N(CCC)C(=O)[C@@H](NC(=O)[C@H]1CCCCN1C)[C@@H](C)CC)c1nc(C(=O)N[C@@H](Cc2ccc(NC(=O)CCCC(=O)NCc3ccc(COc4nc(N)nc5nc[nH]c45)cc3)cc2)C(=O)OC)cs1. The number of nitrogens with zero attached hydrogens (tertiary/aromatic N) is 6. The lowest BCUT2D eigenvalue weighted by molar-refractivity contribution is -0.143. The predicted molar refractivity (Wildman–Crippen MR) is 303 cm³/mol. The lowest BCUT2D eigenvalue weighted by Gasteiger charge is -2.40. The Bertz CT molecular complexity index is 2790. The molecule has 7 N–H and O–H groups in total. The highest BCUT2D eigenvalue weighted by molar-refractivity contribution is 7.09. The van der Waals surface area contributed by atoms with E-state index < -0.39 is 30.1 Å². The van der Waals surface area contributed by atoms with Gasteiger partial charge in [-0.2, -0.15) is 9.97 Å². The molecule has 4 heterocycles. The largest absolute Gasteiger partial charge is 0.471 e. The third-order valence-electron chi connectivity index (χ3n) is 14.2. The number of fused-ring (bicyclic) bond motifs is 1. The lowest BCUT2D eigenvalue weighted by atomic mass is 9.92. The Morgan fingerprint density at radius 1 is 0.899 bits per heavy atom. The molecule has 2 aromatic carbocycles. The van der Waals surface area contributed by atoms with Crippen molar-refractivity contribution in [3.63, 3.8) is 0 Å². The number of nitrogens with two attached hydrogens (primary N) is 1. The number of thiazole rings is 1. The van der Waals surface area contributed by atoms with Crippen LogP contribution in [0.15, 0.2) is 60.2 Å². The molecule has 79 heavy (non-hydrogen) atoms. The second kappa shape index (κ2) is 30.4. The second-order valence-corrected chi connectivity index (χ2v) is 21.5. The molecule has 22 heteroatoms. The van der Waals surface area contributed by atoms with Crippen LogP contribution in [0.1, 0.15) is 144 Å². The number of carbonyl (C=O) groups is 6. The Hall–Kier alpha value is -7.04. The van der Waals surface area contributed by atoms with Crippen LogP contribution in [0, 0.1) is 11.8 Å². The first-order chi connectivity index (χ1) is 38.0. The van der Waals surface area contributed by atoms with E-state index in [4.69, 9.17) is 24.9 Å². The number of esters is 1. The van der Waals surface area contributed by atoms with Crippen molar-refractivity contribution in [2.45, 2.75) is 156 Å². The second-order valence-electron chi connectivity index (χ2n) is 20.6. The van der Waals surface area contributed by atoms with Crippen LogP contribution in [-0.4, -0.2) is 128 Å². The number of H-pyrrole nitrogens is 1. The quantitative estimate of drug-likeness (QED) is 0.0252. The van der Waals surface area contributed by atoms with Gasteiger partial charge in [-0.05, 0) is 86.4 Å². The molecule has 0 aliphatic carbocycles. The Morgan fingerprint density at radius 3 is 2.30 bits per heavy atom. The number of rotatable bonds is 30. The zero-order valence-electron chi connectivity index (χ0n) is 47.0. The number of aromatic nitrogens is 5. The Morgan fingerprint density at radius 2 is 1.62 bits per heavy atom. The molecule has 6 rings (SSSR count). The van der Waals surface area contributed by atoms with Crippen molar-refractivity contribution in [2.75, 3.05) is 44.9 Å². The zero-order chi connectivity index (χ0) is 57.0. The van der Waals surface area contributed by atoms with E-state index in [0.717, 1.165) is 49.8 Å². The summed E-state index contributed by atoms with van der Waals surface area (Å²) in [5, 5.41) is 14.0. The summed E-state index contributed by atoms with van der Waals surface area (Å²) in [7, 11) is 3.22. The molecule has 3 aromatic heterocycles. The van der Waals surface area contributed by atoms with Gasteiger partial charge in [0.05, 0.1) is 19.5 Å². The van der Waals surface area contributed by atoms with Gasteiger partial charge in [-0.1, -0.05) is 90.8 Å². The molecule has 5 aromatic rings. The maximum atomic E-state index is 14.8. The van der Waals surface area contributed by atoms with Crippen molar-refractivity contribution in [3.05, 3.63) is 87.6 Å². The molecule has 1 saturated heterocycles. The van der Waals surface area contributed by atoms with Gasteiger partial charge in [0.15, 0.2) is 5.65 Å². The molecule has 0 spiro atoms. The number of hydrogen-bond acceptors (Lipinski definition) is 16. The smallest absolute Gasteiger partial charge is 0.328 e. The highest BCUT2D eigenvalue weighted by atomic mass is 32.1. The molecule has 21 nitrogen and oxygen atoms in total. The summed E-state index contributed by atoms with van der Waals surface area (Å²) in [6.07, 6.45) is 7.04. The first kappa shape index (κ1) is 61.2. The standard InChI is InChI=1S/C57H80N12O9S/c1-9-26-69(55(74)48(36(6)11-3)65-52(73)43-15-12-13-27-68(43)7)44(35(4)5)30-45(77-28-10-2)54-64-42(33-79-54)51(72)63-41(56(75)76-8)29-37-22-24-40(25-23-37)62-47(71)17-14-16-46(70)59-31-38-18-20-39(21-19-38)32-78-53-49-50(61-34-60-49)66-57(58)67-53/h18-25,33-36,41,43-45,48H,9-17,26-32H2,1-8H3,(H,59,70)(H,62,71)(H,63,72)(H,65,73)(H3,58,60,61,66,67)/t36-,41-,43+,44+,45+,48-/m0/s1. The number of nitrogen functional groups attached to an aromatic ring is 1. The number of piperidine rings is 1. The van der Waals surface area contributed by atoms with Gasteiger partial charge in [0.2, 0.25) is 35.5 Å². The highest BCUT2D eigenvalue weighted by Crippen LogP contribution is 2.32. The minimum absolute atomic E-state index is 0.0198. The van der Waals surface area contributed by atoms with Crippen LogP contribution in [-0.2, 0) is 53.0 Å². The molecule has 428 valence electrons. The van der Waals surface area contributed by atoms with Gasteiger partial charge in [0, 0.05) is 62.5 Å². The summed E-state index contributed by atoms with van der Waals surface area (Å²) < 4.78 is 17.4. The lowest BCUT2D eigenvalue weighted by Crippen LogP contribution is -2.58. The Labute approximate surface area is 467 Å². The van der Waals surface area contributed by atoms with Gasteiger partial charge >= 0.3 is 5.97 Å². The number of imidazole rings is 1. The van der Waals surface area contributed by atoms with Crippen molar-refractivity contribution < 1.29 is 43.0 Å². The highest BCUT2D eigenvalue weighted by Gasteiger charge is 2.38. The van der Waals surface area contributed by atoms with Crippen molar-refractivity contribution in [3.8, 4) is 5.88 Å². The van der Waals surface area contributed by atoms with Crippen LogP contribution >= 0.6 is 11.3 Å².